The van der Waals surface area contributed by atoms with Crippen LogP contribution < -0.4 is 0 Å². The number of amides is 1. The highest BCUT2D eigenvalue weighted by Crippen LogP contribution is 2.32. The van der Waals surface area contributed by atoms with Crippen molar-refractivity contribution in [3.63, 3.8) is 0 Å². The van der Waals surface area contributed by atoms with Crippen LogP contribution in [0.15, 0.2) is 0 Å². The molecule has 3 atom stereocenters. The molecule has 0 aromatic rings. The number of piperidine rings is 1. The summed E-state index contributed by atoms with van der Waals surface area (Å²) >= 11 is 0. The largest absolute Gasteiger partial charge is 0.481 e. The number of hydrogen-bond donors (Lipinski definition) is 1. The van der Waals surface area contributed by atoms with Gasteiger partial charge in [-0.15, -0.1) is 0 Å². The topological polar surface area (TPSA) is 70.1 Å². The second-order valence-corrected chi connectivity index (χ2v) is 6.79. The van der Waals surface area contributed by atoms with Crippen molar-refractivity contribution >= 4 is 12.1 Å². The van der Waals surface area contributed by atoms with Crippen molar-refractivity contribution in [2.75, 3.05) is 20.1 Å². The van der Waals surface area contributed by atoms with Gasteiger partial charge in [0.25, 0.3) is 0 Å². The van der Waals surface area contributed by atoms with Crippen molar-refractivity contribution in [1.29, 1.82) is 0 Å². The van der Waals surface area contributed by atoms with E-state index >= 15 is 0 Å². The molecule has 0 saturated carbocycles. The van der Waals surface area contributed by atoms with E-state index in [-0.39, 0.29) is 18.2 Å². The highest BCUT2D eigenvalue weighted by Gasteiger charge is 2.45. The Morgan fingerprint density at radius 1 is 1.20 bits per heavy atom. The van der Waals surface area contributed by atoms with Gasteiger partial charge in [-0.1, -0.05) is 0 Å². The van der Waals surface area contributed by atoms with E-state index in [0.717, 1.165) is 6.42 Å². The quantitative estimate of drug-likeness (QED) is 0.788. The normalized spacial score (nSPS) is 31.0. The van der Waals surface area contributed by atoms with Crippen molar-refractivity contribution in [2.24, 2.45) is 5.92 Å². The van der Waals surface area contributed by atoms with Crippen LogP contribution in [-0.2, 0) is 9.53 Å². The lowest BCUT2D eigenvalue weighted by Crippen LogP contribution is -2.64. The zero-order valence-electron chi connectivity index (χ0n) is 12.6. The monoisotopic (exact) mass is 284 g/mol. The number of carbonyl (C=O) groups excluding carboxylic acids is 1. The molecular formula is C14H24N2O4. The van der Waals surface area contributed by atoms with Crippen LogP contribution in [0.2, 0.25) is 0 Å². The molecule has 0 aromatic heterocycles. The van der Waals surface area contributed by atoms with Gasteiger partial charge in [-0.3, -0.25) is 9.69 Å². The number of rotatable bonds is 1. The molecular weight excluding hydrogens is 260 g/mol. The number of nitrogens with zero attached hydrogens (tertiary/aromatic N) is 2. The summed E-state index contributed by atoms with van der Waals surface area (Å²) in [6, 6.07) is 0.115. The summed E-state index contributed by atoms with van der Waals surface area (Å²) in [6.07, 6.45) is 1.16. The Hall–Kier alpha value is -1.30. The summed E-state index contributed by atoms with van der Waals surface area (Å²) in [4.78, 5) is 27.3. The summed E-state index contributed by atoms with van der Waals surface area (Å²) in [6.45, 7) is 6.55. The number of carboxylic acids is 1. The Bertz CT molecular complexity index is 404. The van der Waals surface area contributed by atoms with Crippen molar-refractivity contribution in [1.82, 2.24) is 9.80 Å². The molecule has 2 fully saturated rings. The molecule has 2 saturated heterocycles. The van der Waals surface area contributed by atoms with E-state index in [1.807, 2.05) is 27.8 Å². The molecule has 0 spiro atoms. The van der Waals surface area contributed by atoms with Crippen LogP contribution in [0.1, 0.15) is 33.6 Å². The molecule has 0 aliphatic carbocycles. The number of carbonyl (C=O) groups is 2. The zero-order chi connectivity index (χ0) is 15.1. The van der Waals surface area contributed by atoms with Gasteiger partial charge in [-0.25, -0.2) is 4.79 Å². The molecule has 2 aliphatic heterocycles. The average molecular weight is 284 g/mol. The third-order valence-electron chi connectivity index (χ3n) is 4.18. The van der Waals surface area contributed by atoms with Crippen LogP contribution in [0.5, 0.6) is 0 Å². The standard InChI is InChI=1S/C14H24N2O4/c1-14(2,3)20-13(19)16-7-9-5-6-10(12(17)18)11(8-16)15(9)4/h9-11H,5-8H2,1-4H3,(H,17,18). The molecule has 2 heterocycles. The first-order valence-electron chi connectivity index (χ1n) is 7.11. The Morgan fingerprint density at radius 3 is 2.40 bits per heavy atom. The van der Waals surface area contributed by atoms with Gasteiger partial charge in [0.1, 0.15) is 5.60 Å². The number of aliphatic carboxylic acids is 1. The first kappa shape index (κ1) is 15.1. The van der Waals surface area contributed by atoms with Crippen molar-refractivity contribution in [3.05, 3.63) is 0 Å². The van der Waals surface area contributed by atoms with Crippen LogP contribution in [0.4, 0.5) is 4.79 Å². The fourth-order valence-electron chi connectivity index (χ4n) is 3.12. The number of likely N-dealkylation sites (N-methyl/N-ethyl adjacent to an activating group) is 1. The number of carboxylic acid groups (broad SMARTS) is 1. The number of likely N-dealkylation sites (tertiary alicyclic amines) is 1. The lowest BCUT2D eigenvalue weighted by molar-refractivity contribution is -0.149. The van der Waals surface area contributed by atoms with Gasteiger partial charge in [0.05, 0.1) is 5.92 Å². The maximum Gasteiger partial charge on any atom is 0.410 e. The van der Waals surface area contributed by atoms with Crippen LogP contribution in [0.3, 0.4) is 0 Å². The Kier molecular flexibility index (Phi) is 3.95. The molecule has 6 nitrogen and oxygen atoms in total. The molecule has 2 rings (SSSR count). The van der Waals surface area contributed by atoms with Crippen LogP contribution >= 0.6 is 0 Å². The molecule has 1 N–H and O–H groups in total. The second kappa shape index (κ2) is 5.24. The summed E-state index contributed by atoms with van der Waals surface area (Å²) < 4.78 is 5.39. The molecule has 6 heteroatoms. The summed E-state index contributed by atoms with van der Waals surface area (Å²) in [7, 11) is 1.96. The van der Waals surface area contributed by atoms with E-state index < -0.39 is 17.5 Å². The molecule has 0 radical (unpaired) electrons. The predicted octanol–water partition coefficient (Wildman–Crippen LogP) is 1.40. The fourth-order valence-corrected chi connectivity index (χ4v) is 3.12. The summed E-state index contributed by atoms with van der Waals surface area (Å²) in [5, 5.41) is 9.32. The lowest BCUT2D eigenvalue weighted by atomic mass is 9.83. The molecule has 2 bridgehead atoms. The van der Waals surface area contributed by atoms with E-state index in [2.05, 4.69) is 4.90 Å². The SMILES string of the molecule is CN1C2CCC(C(=O)O)C1CN(C(=O)OC(C)(C)C)C2. The molecule has 0 aromatic carbocycles. The molecule has 114 valence electrons. The van der Waals surface area contributed by atoms with E-state index in [0.29, 0.717) is 19.5 Å². The number of hydrogen-bond acceptors (Lipinski definition) is 4. The van der Waals surface area contributed by atoms with Crippen molar-refractivity contribution in [3.8, 4) is 0 Å². The van der Waals surface area contributed by atoms with Gasteiger partial charge in [-0.05, 0) is 40.7 Å². The van der Waals surface area contributed by atoms with Crippen LogP contribution in [0.25, 0.3) is 0 Å². The summed E-state index contributed by atoms with van der Waals surface area (Å²) in [5.74, 6) is -1.17. The molecule has 2 aliphatic rings. The predicted molar refractivity (Wildman–Crippen MR) is 73.5 cm³/mol. The molecule has 1 amide bonds. The van der Waals surface area contributed by atoms with Gasteiger partial charge in [0.2, 0.25) is 0 Å². The summed E-state index contributed by atoms with van der Waals surface area (Å²) in [5.41, 5.74) is -0.526. The molecule has 20 heavy (non-hydrogen) atoms. The van der Waals surface area contributed by atoms with Gasteiger partial charge >= 0.3 is 12.1 Å². The minimum atomic E-state index is -0.772. The Labute approximate surface area is 119 Å². The third kappa shape index (κ3) is 3.06. The minimum absolute atomic E-state index is 0.118. The van der Waals surface area contributed by atoms with E-state index in [4.69, 9.17) is 4.74 Å². The Balaban J connectivity index is 2.09. The third-order valence-corrected chi connectivity index (χ3v) is 4.18. The van der Waals surface area contributed by atoms with Crippen molar-refractivity contribution < 1.29 is 19.4 Å². The van der Waals surface area contributed by atoms with Crippen LogP contribution in [0, 0.1) is 5.92 Å². The van der Waals surface area contributed by atoms with E-state index in [1.165, 1.54) is 0 Å². The number of piperazine rings is 1. The number of fused-ring (bicyclic) bond motifs is 2. The maximum absolute atomic E-state index is 12.2. The second-order valence-electron chi connectivity index (χ2n) is 6.79. The fraction of sp³-hybridized carbons (Fsp3) is 0.857. The maximum atomic E-state index is 12.2. The van der Waals surface area contributed by atoms with E-state index in [1.54, 1.807) is 4.90 Å². The number of ether oxygens (including phenoxy) is 1. The average Bonchev–Trinajstić information content (AvgIpc) is 2.25. The first-order valence-corrected chi connectivity index (χ1v) is 7.11. The highest BCUT2D eigenvalue weighted by atomic mass is 16.6. The zero-order valence-corrected chi connectivity index (χ0v) is 12.6. The van der Waals surface area contributed by atoms with Gasteiger partial charge in [-0.2, -0.15) is 0 Å². The van der Waals surface area contributed by atoms with Gasteiger partial charge < -0.3 is 14.7 Å². The Morgan fingerprint density at radius 2 is 1.85 bits per heavy atom. The minimum Gasteiger partial charge on any atom is -0.481 e. The van der Waals surface area contributed by atoms with Crippen LogP contribution in [-0.4, -0.2) is 64.8 Å². The van der Waals surface area contributed by atoms with Gasteiger partial charge in [0, 0.05) is 25.2 Å². The first-order chi connectivity index (χ1) is 9.19. The molecule has 3 unspecified atom stereocenters. The highest BCUT2D eigenvalue weighted by molar-refractivity contribution is 5.72. The lowest BCUT2D eigenvalue weighted by Gasteiger charge is -2.50. The van der Waals surface area contributed by atoms with Gasteiger partial charge in [0.15, 0.2) is 0 Å². The smallest absolute Gasteiger partial charge is 0.410 e. The van der Waals surface area contributed by atoms with E-state index in [9.17, 15) is 14.7 Å². The van der Waals surface area contributed by atoms with Crippen molar-refractivity contribution in [2.45, 2.75) is 51.3 Å².